The molecule has 0 spiro atoms. The Labute approximate surface area is 121 Å². The van der Waals surface area contributed by atoms with Crippen LogP contribution in [0.1, 0.15) is 11.1 Å². The van der Waals surface area contributed by atoms with E-state index < -0.39 is 11.7 Å². The minimum absolute atomic E-state index is 0.205. The van der Waals surface area contributed by atoms with Crippen LogP contribution in [0.15, 0.2) is 46.9 Å². The van der Waals surface area contributed by atoms with E-state index in [9.17, 15) is 13.2 Å². The fourth-order valence-corrected chi connectivity index (χ4v) is 1.94. The molecule has 2 aromatic rings. The van der Waals surface area contributed by atoms with Crippen molar-refractivity contribution >= 4 is 15.9 Å². The highest BCUT2D eigenvalue weighted by Crippen LogP contribution is 2.36. The van der Waals surface area contributed by atoms with E-state index in [1.54, 1.807) is 24.3 Å². The summed E-state index contributed by atoms with van der Waals surface area (Å²) in [6, 6.07) is 11.4. The number of nitrogens with zero attached hydrogens (tertiary/aromatic N) is 1. The lowest BCUT2D eigenvalue weighted by molar-refractivity contribution is -0.137. The van der Waals surface area contributed by atoms with Gasteiger partial charge in [-0.15, -0.1) is 0 Å². The number of nitriles is 1. The SMILES string of the molecule is N#Cc1ccc(Oc2ccc(C(F)(F)F)cc2Br)cc1. The Kier molecular flexibility index (Phi) is 4.00. The minimum Gasteiger partial charge on any atom is -0.456 e. The smallest absolute Gasteiger partial charge is 0.416 e. The topological polar surface area (TPSA) is 33.0 Å². The van der Waals surface area contributed by atoms with Crippen LogP contribution >= 0.6 is 15.9 Å². The van der Waals surface area contributed by atoms with Crippen LogP contribution in [-0.2, 0) is 6.18 Å². The standard InChI is InChI=1S/C14H7BrF3NO/c15-12-7-10(14(16,17)18)3-6-13(12)20-11-4-1-9(8-19)2-5-11/h1-7H. The fourth-order valence-electron chi connectivity index (χ4n) is 1.48. The highest BCUT2D eigenvalue weighted by atomic mass is 79.9. The number of benzene rings is 2. The zero-order valence-corrected chi connectivity index (χ0v) is 11.5. The van der Waals surface area contributed by atoms with Gasteiger partial charge in [-0.3, -0.25) is 0 Å². The Bertz CT molecular complexity index is 660. The Morgan fingerprint density at radius 3 is 2.20 bits per heavy atom. The first-order chi connectivity index (χ1) is 9.40. The zero-order valence-electron chi connectivity index (χ0n) is 9.91. The van der Waals surface area contributed by atoms with E-state index in [1.165, 1.54) is 6.07 Å². The van der Waals surface area contributed by atoms with Gasteiger partial charge in [-0.1, -0.05) is 0 Å². The minimum atomic E-state index is -4.39. The third-order valence-electron chi connectivity index (χ3n) is 2.47. The van der Waals surface area contributed by atoms with Crippen LogP contribution in [0.4, 0.5) is 13.2 Å². The molecule has 0 N–H and O–H groups in total. The molecule has 0 atom stereocenters. The lowest BCUT2D eigenvalue weighted by atomic mass is 10.2. The lowest BCUT2D eigenvalue weighted by Gasteiger charge is -2.11. The van der Waals surface area contributed by atoms with Gasteiger partial charge in [0.15, 0.2) is 0 Å². The van der Waals surface area contributed by atoms with Gasteiger partial charge in [0.1, 0.15) is 11.5 Å². The van der Waals surface area contributed by atoms with Crippen molar-refractivity contribution in [2.75, 3.05) is 0 Å². The molecule has 0 aromatic heterocycles. The molecule has 0 aliphatic rings. The summed E-state index contributed by atoms with van der Waals surface area (Å²) in [4.78, 5) is 0. The van der Waals surface area contributed by atoms with Crippen LogP contribution in [0.5, 0.6) is 11.5 Å². The van der Waals surface area contributed by atoms with Crippen LogP contribution in [-0.4, -0.2) is 0 Å². The van der Waals surface area contributed by atoms with E-state index in [2.05, 4.69) is 15.9 Å². The summed E-state index contributed by atoms with van der Waals surface area (Å²) in [5.41, 5.74) is -0.277. The largest absolute Gasteiger partial charge is 0.456 e. The first-order valence-corrected chi connectivity index (χ1v) is 6.24. The van der Waals surface area contributed by atoms with Crippen molar-refractivity contribution in [1.82, 2.24) is 0 Å². The average molecular weight is 342 g/mol. The molecule has 0 bridgehead atoms. The molecule has 2 rings (SSSR count). The number of rotatable bonds is 2. The number of hydrogen-bond donors (Lipinski definition) is 0. The summed E-state index contributed by atoms with van der Waals surface area (Å²) < 4.78 is 43.2. The van der Waals surface area contributed by atoms with Crippen LogP contribution in [0.3, 0.4) is 0 Å². The van der Waals surface area contributed by atoms with E-state index >= 15 is 0 Å². The van der Waals surface area contributed by atoms with Crippen molar-refractivity contribution in [2.45, 2.75) is 6.18 Å². The molecule has 0 heterocycles. The lowest BCUT2D eigenvalue weighted by Crippen LogP contribution is -2.04. The van der Waals surface area contributed by atoms with Crippen LogP contribution in [0.2, 0.25) is 0 Å². The molecule has 0 fully saturated rings. The molecular weight excluding hydrogens is 335 g/mol. The van der Waals surface area contributed by atoms with Crippen molar-refractivity contribution in [1.29, 1.82) is 5.26 Å². The van der Waals surface area contributed by atoms with Gasteiger partial charge in [0, 0.05) is 0 Å². The molecule has 0 unspecified atom stereocenters. The molecule has 0 amide bonds. The molecule has 0 aliphatic heterocycles. The van der Waals surface area contributed by atoms with Gasteiger partial charge >= 0.3 is 6.18 Å². The highest BCUT2D eigenvalue weighted by molar-refractivity contribution is 9.10. The summed E-state index contributed by atoms with van der Waals surface area (Å²) in [6.45, 7) is 0. The molecule has 0 aliphatic carbocycles. The van der Waals surface area contributed by atoms with Crippen molar-refractivity contribution in [3.63, 3.8) is 0 Å². The monoisotopic (exact) mass is 341 g/mol. The van der Waals surface area contributed by atoms with Gasteiger partial charge in [-0.25, -0.2) is 0 Å². The van der Waals surface area contributed by atoms with Gasteiger partial charge in [0.05, 0.1) is 21.7 Å². The second kappa shape index (κ2) is 5.55. The molecule has 0 saturated heterocycles. The number of ether oxygens (including phenoxy) is 1. The molecule has 2 aromatic carbocycles. The van der Waals surface area contributed by atoms with Crippen LogP contribution < -0.4 is 4.74 Å². The van der Waals surface area contributed by atoms with Gasteiger partial charge in [-0.2, -0.15) is 18.4 Å². The van der Waals surface area contributed by atoms with Gasteiger partial charge in [0.2, 0.25) is 0 Å². The van der Waals surface area contributed by atoms with Crippen molar-refractivity contribution in [3.8, 4) is 17.6 Å². The number of alkyl halides is 3. The maximum Gasteiger partial charge on any atom is 0.416 e. The average Bonchev–Trinajstić information content (AvgIpc) is 2.41. The van der Waals surface area contributed by atoms with Gasteiger partial charge < -0.3 is 4.74 Å². The molecule has 0 radical (unpaired) electrons. The summed E-state index contributed by atoms with van der Waals surface area (Å²) >= 11 is 3.05. The Balaban J connectivity index is 2.23. The Morgan fingerprint density at radius 2 is 1.70 bits per heavy atom. The quantitative estimate of drug-likeness (QED) is 0.758. The molecule has 20 heavy (non-hydrogen) atoms. The van der Waals surface area contributed by atoms with Crippen molar-refractivity contribution in [2.24, 2.45) is 0 Å². The summed E-state index contributed by atoms with van der Waals surface area (Å²) in [7, 11) is 0. The Hall–Kier alpha value is -2.00. The predicted octanol–water partition coefficient (Wildman–Crippen LogP) is 5.13. The summed E-state index contributed by atoms with van der Waals surface area (Å²) in [5, 5.41) is 8.66. The predicted molar refractivity (Wildman–Crippen MR) is 70.4 cm³/mol. The summed E-state index contributed by atoms with van der Waals surface area (Å²) in [6.07, 6.45) is -4.39. The van der Waals surface area contributed by atoms with Crippen molar-refractivity contribution in [3.05, 3.63) is 58.1 Å². The number of halogens is 4. The summed E-state index contributed by atoms with van der Waals surface area (Å²) in [5.74, 6) is 0.701. The molecule has 6 heteroatoms. The number of hydrogen-bond acceptors (Lipinski definition) is 2. The van der Waals surface area contributed by atoms with Crippen LogP contribution in [0, 0.1) is 11.3 Å². The molecule has 102 valence electrons. The second-order valence-electron chi connectivity index (χ2n) is 3.88. The normalized spacial score (nSPS) is 10.9. The van der Waals surface area contributed by atoms with Gasteiger partial charge in [-0.05, 0) is 58.4 Å². The van der Waals surface area contributed by atoms with Gasteiger partial charge in [0.25, 0.3) is 0 Å². The van der Waals surface area contributed by atoms with E-state index in [0.29, 0.717) is 11.3 Å². The van der Waals surface area contributed by atoms with Crippen LogP contribution in [0.25, 0.3) is 0 Å². The Morgan fingerprint density at radius 1 is 1.05 bits per heavy atom. The first-order valence-electron chi connectivity index (χ1n) is 5.45. The first kappa shape index (κ1) is 14.4. The third-order valence-corrected chi connectivity index (χ3v) is 3.09. The molecular formula is C14H7BrF3NO. The van der Waals surface area contributed by atoms with Crippen molar-refractivity contribution < 1.29 is 17.9 Å². The fraction of sp³-hybridized carbons (Fsp3) is 0.0714. The molecule has 0 saturated carbocycles. The van der Waals surface area contributed by atoms with E-state index in [0.717, 1.165) is 12.1 Å². The van der Waals surface area contributed by atoms with E-state index in [-0.39, 0.29) is 10.2 Å². The van der Waals surface area contributed by atoms with E-state index in [1.807, 2.05) is 6.07 Å². The maximum atomic E-state index is 12.5. The maximum absolute atomic E-state index is 12.5. The third kappa shape index (κ3) is 3.31. The van der Waals surface area contributed by atoms with E-state index in [4.69, 9.17) is 10.00 Å². The zero-order chi connectivity index (χ0) is 14.8. The second-order valence-corrected chi connectivity index (χ2v) is 4.74. The molecule has 2 nitrogen and oxygen atoms in total. The highest BCUT2D eigenvalue weighted by Gasteiger charge is 2.30.